The number of nitrogens with one attached hydrogen (secondary N) is 2. The molecule has 1 heterocycles. The van der Waals surface area contributed by atoms with Crippen LogP contribution in [0.15, 0.2) is 95.4 Å². The van der Waals surface area contributed by atoms with Crippen molar-refractivity contribution in [3.05, 3.63) is 123 Å². The number of thiazole rings is 1. The zero-order valence-electron chi connectivity index (χ0n) is 23.4. The molecule has 1 amide bonds. The summed E-state index contributed by atoms with van der Waals surface area (Å²) < 4.78 is 25.5. The Morgan fingerprint density at radius 3 is 2.56 bits per heavy atom. The zero-order chi connectivity index (χ0) is 30.2. The van der Waals surface area contributed by atoms with E-state index < -0.39 is 0 Å². The third-order valence-electron chi connectivity index (χ3n) is 6.29. The minimum atomic E-state index is -0.372. The van der Waals surface area contributed by atoms with E-state index in [0.717, 1.165) is 22.1 Å². The first-order valence-corrected chi connectivity index (χ1v) is 14.7. The zero-order valence-corrected chi connectivity index (χ0v) is 25.0. The monoisotopic (exact) mass is 614 g/mol. The number of hydrazone groups is 1. The third kappa shape index (κ3) is 7.77. The number of aromatic nitrogens is 1. The van der Waals surface area contributed by atoms with Gasteiger partial charge in [-0.05, 0) is 61.9 Å². The van der Waals surface area contributed by atoms with Crippen LogP contribution >= 0.6 is 22.9 Å². The largest absolute Gasteiger partial charge is 0.490 e. The van der Waals surface area contributed by atoms with Gasteiger partial charge in [0.25, 0.3) is 5.91 Å². The summed E-state index contributed by atoms with van der Waals surface area (Å²) >= 11 is 7.98. The van der Waals surface area contributed by atoms with Gasteiger partial charge in [0, 0.05) is 27.8 Å². The van der Waals surface area contributed by atoms with Gasteiger partial charge in [0.15, 0.2) is 16.6 Å². The summed E-state index contributed by atoms with van der Waals surface area (Å²) in [5.41, 5.74) is 7.83. The second-order valence-corrected chi connectivity index (χ2v) is 10.7. The molecular formula is C33H28ClFN4O3S. The Bertz CT molecular complexity index is 1740. The smallest absolute Gasteiger partial charge is 0.271 e. The van der Waals surface area contributed by atoms with Gasteiger partial charge in [-0.2, -0.15) is 5.10 Å². The molecule has 4 aromatic carbocycles. The van der Waals surface area contributed by atoms with Crippen molar-refractivity contribution < 1.29 is 18.7 Å². The maximum Gasteiger partial charge on any atom is 0.271 e. The minimum Gasteiger partial charge on any atom is -0.490 e. The molecule has 5 rings (SSSR count). The van der Waals surface area contributed by atoms with E-state index in [1.807, 2.05) is 55.6 Å². The van der Waals surface area contributed by atoms with Crippen molar-refractivity contribution in [2.24, 2.45) is 5.10 Å². The van der Waals surface area contributed by atoms with Crippen LogP contribution in [0.2, 0.25) is 5.02 Å². The number of carbonyl (C=O) groups is 1. The van der Waals surface area contributed by atoms with E-state index in [1.165, 1.54) is 29.2 Å². The van der Waals surface area contributed by atoms with E-state index >= 15 is 0 Å². The molecular weight excluding hydrogens is 587 g/mol. The molecule has 0 aliphatic carbocycles. The quantitative estimate of drug-likeness (QED) is 0.115. The van der Waals surface area contributed by atoms with Crippen LogP contribution in [0.1, 0.15) is 34.0 Å². The van der Waals surface area contributed by atoms with Crippen molar-refractivity contribution in [3.8, 4) is 22.8 Å². The number of nitrogens with zero attached hydrogens (tertiary/aromatic N) is 2. The van der Waals surface area contributed by atoms with Gasteiger partial charge in [0.2, 0.25) is 0 Å². The first kappa shape index (κ1) is 29.8. The van der Waals surface area contributed by atoms with E-state index in [1.54, 1.807) is 42.5 Å². The fraction of sp³-hybridized carbons (Fsp3) is 0.121. The van der Waals surface area contributed by atoms with Gasteiger partial charge in [-0.3, -0.25) is 4.79 Å². The maximum atomic E-state index is 14.0. The molecule has 0 atom stereocenters. The molecule has 0 aliphatic heterocycles. The Morgan fingerprint density at radius 1 is 1.05 bits per heavy atom. The summed E-state index contributed by atoms with van der Waals surface area (Å²) in [7, 11) is 0. The molecule has 0 fully saturated rings. The number of ether oxygens (including phenoxy) is 2. The average Bonchev–Trinajstić information content (AvgIpc) is 3.47. The number of halogens is 2. The van der Waals surface area contributed by atoms with E-state index in [2.05, 4.69) is 20.8 Å². The molecule has 7 nitrogen and oxygen atoms in total. The lowest BCUT2D eigenvalue weighted by Crippen LogP contribution is -2.17. The lowest BCUT2D eigenvalue weighted by Gasteiger charge is -2.14. The van der Waals surface area contributed by atoms with E-state index in [-0.39, 0.29) is 23.4 Å². The first-order valence-electron chi connectivity index (χ1n) is 13.4. The second-order valence-electron chi connectivity index (χ2n) is 9.45. The summed E-state index contributed by atoms with van der Waals surface area (Å²) in [5.74, 6) is -0.0573. The van der Waals surface area contributed by atoms with Crippen LogP contribution in [-0.4, -0.2) is 23.7 Å². The summed E-state index contributed by atoms with van der Waals surface area (Å²) in [6, 6.07) is 24.9. The first-order chi connectivity index (χ1) is 20.9. The van der Waals surface area contributed by atoms with Crippen LogP contribution in [0.3, 0.4) is 0 Å². The number of rotatable bonds is 11. The van der Waals surface area contributed by atoms with Gasteiger partial charge in [0.05, 0.1) is 23.5 Å². The van der Waals surface area contributed by atoms with E-state index in [4.69, 9.17) is 21.1 Å². The van der Waals surface area contributed by atoms with Gasteiger partial charge in [-0.1, -0.05) is 59.6 Å². The highest BCUT2D eigenvalue weighted by Crippen LogP contribution is 2.37. The number of amides is 1. The molecule has 5 aromatic rings. The van der Waals surface area contributed by atoms with Gasteiger partial charge < -0.3 is 14.8 Å². The maximum absolute atomic E-state index is 14.0. The number of benzene rings is 4. The Balaban J connectivity index is 1.20. The molecule has 0 saturated heterocycles. The number of carbonyl (C=O) groups excluding carboxylic acids is 1. The molecule has 0 bridgehead atoms. The standard InChI is InChI=1S/C33H28ClFN4O3S/c1-3-41-30-17-22(16-27(34)31(30)42-19-25-6-4-5-7-28(25)35)18-36-39-32(40)24-12-10-23(11-13-24)29-20-43-33(38-29)37-26-14-8-21(2)9-15-26/h4-18,20H,3,19H2,1-2H3,(H,37,38)(H,39,40)/b36-18-. The fourth-order valence-corrected chi connectivity index (χ4v) is 5.09. The van der Waals surface area contributed by atoms with Crippen LogP contribution < -0.4 is 20.2 Å². The molecule has 2 N–H and O–H groups in total. The van der Waals surface area contributed by atoms with Gasteiger partial charge in [-0.15, -0.1) is 11.3 Å². The number of aryl methyl sites for hydroxylation is 1. The predicted octanol–water partition coefficient (Wildman–Crippen LogP) is 8.40. The molecule has 0 radical (unpaired) electrons. The van der Waals surface area contributed by atoms with Crippen molar-refractivity contribution in [2.75, 3.05) is 11.9 Å². The minimum absolute atomic E-state index is 0.0112. The highest BCUT2D eigenvalue weighted by molar-refractivity contribution is 7.14. The van der Waals surface area contributed by atoms with Crippen LogP contribution in [0.5, 0.6) is 11.5 Å². The molecule has 218 valence electrons. The number of hydrogen-bond donors (Lipinski definition) is 2. The van der Waals surface area contributed by atoms with Crippen LogP contribution in [0.25, 0.3) is 11.3 Å². The van der Waals surface area contributed by atoms with Crippen molar-refractivity contribution in [1.29, 1.82) is 0 Å². The highest BCUT2D eigenvalue weighted by atomic mass is 35.5. The third-order valence-corrected chi connectivity index (χ3v) is 7.33. The average molecular weight is 615 g/mol. The Labute approximate surface area is 258 Å². The van der Waals surface area contributed by atoms with E-state index in [0.29, 0.717) is 34.8 Å². The SMILES string of the molecule is CCOc1cc(/C=N\NC(=O)c2ccc(-c3csc(Nc4ccc(C)cc4)n3)cc2)cc(Cl)c1OCc1ccccc1F. The molecule has 0 aliphatic rings. The Hall–Kier alpha value is -4.73. The van der Waals surface area contributed by atoms with Gasteiger partial charge in [0.1, 0.15) is 12.4 Å². The predicted molar refractivity (Wildman–Crippen MR) is 170 cm³/mol. The van der Waals surface area contributed by atoms with E-state index in [9.17, 15) is 9.18 Å². The van der Waals surface area contributed by atoms with Crippen molar-refractivity contribution in [3.63, 3.8) is 0 Å². The topological polar surface area (TPSA) is 84.8 Å². The lowest BCUT2D eigenvalue weighted by molar-refractivity contribution is 0.0955. The molecule has 0 spiro atoms. The van der Waals surface area contributed by atoms with Crippen molar-refractivity contribution in [1.82, 2.24) is 10.4 Å². The molecule has 0 saturated carbocycles. The molecule has 43 heavy (non-hydrogen) atoms. The number of anilines is 2. The van der Waals surface area contributed by atoms with Gasteiger partial charge in [-0.25, -0.2) is 14.8 Å². The van der Waals surface area contributed by atoms with Crippen molar-refractivity contribution >= 4 is 45.9 Å². The fourth-order valence-electron chi connectivity index (χ4n) is 4.08. The van der Waals surface area contributed by atoms with Gasteiger partial charge >= 0.3 is 0 Å². The Kier molecular flexibility index (Phi) is 9.66. The van der Waals surface area contributed by atoms with Crippen LogP contribution in [0.4, 0.5) is 15.2 Å². The molecule has 0 unspecified atom stereocenters. The Morgan fingerprint density at radius 2 is 1.81 bits per heavy atom. The number of hydrogen-bond acceptors (Lipinski definition) is 7. The normalized spacial score (nSPS) is 11.0. The lowest BCUT2D eigenvalue weighted by atomic mass is 10.1. The summed E-state index contributed by atoms with van der Waals surface area (Å²) in [6.07, 6.45) is 1.46. The summed E-state index contributed by atoms with van der Waals surface area (Å²) in [4.78, 5) is 17.4. The van der Waals surface area contributed by atoms with Crippen LogP contribution in [-0.2, 0) is 6.61 Å². The summed E-state index contributed by atoms with van der Waals surface area (Å²) in [5, 5.41) is 10.4. The summed E-state index contributed by atoms with van der Waals surface area (Å²) in [6.45, 7) is 4.23. The highest BCUT2D eigenvalue weighted by Gasteiger charge is 2.14. The van der Waals surface area contributed by atoms with Crippen LogP contribution in [0, 0.1) is 12.7 Å². The molecule has 10 heteroatoms. The van der Waals surface area contributed by atoms with Crippen molar-refractivity contribution in [2.45, 2.75) is 20.5 Å². The second kappa shape index (κ2) is 14.0. The molecule has 1 aromatic heterocycles.